The van der Waals surface area contributed by atoms with E-state index in [9.17, 15) is 0 Å². The van der Waals surface area contributed by atoms with Gasteiger partial charge in [0.2, 0.25) is 0 Å². The van der Waals surface area contributed by atoms with Crippen LogP contribution < -0.4 is 5.73 Å². The lowest BCUT2D eigenvalue weighted by atomic mass is 10.0. The zero-order chi connectivity index (χ0) is 9.31. The van der Waals surface area contributed by atoms with Crippen LogP contribution in [0.5, 0.6) is 0 Å². The molecule has 0 unspecified atom stereocenters. The van der Waals surface area contributed by atoms with Gasteiger partial charge >= 0.3 is 0 Å². The number of hydrogen-bond donors (Lipinski definition) is 2. The molecule has 0 aliphatic heterocycles. The number of nitrogens with two attached hydrogens (primary N) is 1. The smallest absolute Gasteiger partial charge is 0.0911 e. The van der Waals surface area contributed by atoms with Gasteiger partial charge in [-0.1, -0.05) is 0 Å². The summed E-state index contributed by atoms with van der Waals surface area (Å²) in [5.74, 6) is 0.296. The molecule has 1 aromatic rings. The average molecular weight is 178 g/mol. The van der Waals surface area contributed by atoms with Crippen molar-refractivity contribution in [3.63, 3.8) is 0 Å². The normalized spacial score (nSPS) is 18.5. The van der Waals surface area contributed by atoms with Crippen LogP contribution in [0.15, 0.2) is 18.5 Å². The number of nitrogens with zero attached hydrogens (tertiary/aromatic N) is 2. The summed E-state index contributed by atoms with van der Waals surface area (Å²) in [6, 6.07) is 1.92. The van der Waals surface area contributed by atoms with E-state index in [1.54, 1.807) is 6.20 Å². The van der Waals surface area contributed by atoms with E-state index < -0.39 is 0 Å². The first-order chi connectivity index (χ1) is 6.20. The van der Waals surface area contributed by atoms with Crippen LogP contribution in [-0.2, 0) is 6.54 Å². The van der Waals surface area contributed by atoms with Crippen molar-refractivity contribution < 1.29 is 0 Å². The Labute approximate surface area is 77.2 Å². The first kappa shape index (κ1) is 8.29. The summed E-state index contributed by atoms with van der Waals surface area (Å²) in [6.45, 7) is 0.902. The van der Waals surface area contributed by atoms with E-state index in [4.69, 9.17) is 11.1 Å². The molecule has 0 saturated heterocycles. The van der Waals surface area contributed by atoms with Crippen molar-refractivity contribution in [3.05, 3.63) is 18.5 Å². The highest BCUT2D eigenvalue weighted by Gasteiger charge is 2.43. The van der Waals surface area contributed by atoms with Crippen LogP contribution in [0.2, 0.25) is 0 Å². The summed E-state index contributed by atoms with van der Waals surface area (Å²) in [4.78, 5) is 0. The highest BCUT2D eigenvalue weighted by Crippen LogP contribution is 2.49. The van der Waals surface area contributed by atoms with Gasteiger partial charge in [-0.15, -0.1) is 0 Å². The summed E-state index contributed by atoms with van der Waals surface area (Å²) >= 11 is 0. The van der Waals surface area contributed by atoms with Gasteiger partial charge in [-0.25, -0.2) is 0 Å². The molecule has 70 valence electrons. The maximum atomic E-state index is 7.27. The average Bonchev–Trinajstić information content (AvgIpc) is 2.61. The van der Waals surface area contributed by atoms with Crippen molar-refractivity contribution >= 4 is 5.84 Å². The van der Waals surface area contributed by atoms with Gasteiger partial charge < -0.3 is 5.73 Å². The van der Waals surface area contributed by atoms with Crippen LogP contribution in [0.1, 0.15) is 19.3 Å². The molecule has 1 saturated carbocycles. The van der Waals surface area contributed by atoms with Crippen LogP contribution in [-0.4, -0.2) is 15.6 Å². The van der Waals surface area contributed by atoms with Crippen LogP contribution in [0.25, 0.3) is 0 Å². The second-order valence-electron chi connectivity index (χ2n) is 3.91. The zero-order valence-corrected chi connectivity index (χ0v) is 7.53. The van der Waals surface area contributed by atoms with E-state index in [1.165, 1.54) is 12.8 Å². The van der Waals surface area contributed by atoms with Crippen LogP contribution in [0.4, 0.5) is 0 Å². The molecule has 0 aromatic carbocycles. The summed E-state index contributed by atoms with van der Waals surface area (Å²) in [5.41, 5.74) is 5.65. The molecule has 0 spiro atoms. The zero-order valence-electron chi connectivity index (χ0n) is 7.53. The largest absolute Gasteiger partial charge is 0.388 e. The third kappa shape index (κ3) is 1.88. The van der Waals surface area contributed by atoms with Gasteiger partial charge in [-0.05, 0) is 24.3 Å². The van der Waals surface area contributed by atoms with Crippen LogP contribution >= 0.6 is 0 Å². The Hall–Kier alpha value is -1.32. The first-order valence-electron chi connectivity index (χ1n) is 4.51. The SMILES string of the molecule is N=C(N)CC1(Cn2cccn2)CC1. The fourth-order valence-corrected chi connectivity index (χ4v) is 1.71. The fraction of sp³-hybridized carbons (Fsp3) is 0.556. The third-order valence-corrected chi connectivity index (χ3v) is 2.58. The molecular formula is C9H14N4. The predicted molar refractivity (Wildman–Crippen MR) is 50.4 cm³/mol. The highest BCUT2D eigenvalue weighted by atomic mass is 15.3. The van der Waals surface area contributed by atoms with Crippen molar-refractivity contribution in [3.8, 4) is 0 Å². The predicted octanol–water partition coefficient (Wildman–Crippen LogP) is 0.989. The Morgan fingerprint density at radius 3 is 2.85 bits per heavy atom. The van der Waals surface area contributed by atoms with Crippen LogP contribution in [0.3, 0.4) is 0 Å². The number of hydrogen-bond acceptors (Lipinski definition) is 2. The highest BCUT2D eigenvalue weighted by molar-refractivity contribution is 5.77. The summed E-state index contributed by atoms with van der Waals surface area (Å²) < 4.78 is 1.93. The van der Waals surface area contributed by atoms with E-state index in [0.29, 0.717) is 12.3 Å². The van der Waals surface area contributed by atoms with Crippen molar-refractivity contribution in [2.24, 2.45) is 11.1 Å². The topological polar surface area (TPSA) is 67.7 Å². The second kappa shape index (κ2) is 2.87. The second-order valence-corrected chi connectivity index (χ2v) is 3.91. The number of nitrogens with one attached hydrogen (secondary N) is 1. The third-order valence-electron chi connectivity index (χ3n) is 2.58. The van der Waals surface area contributed by atoms with E-state index >= 15 is 0 Å². The Morgan fingerprint density at radius 2 is 2.38 bits per heavy atom. The Morgan fingerprint density at radius 1 is 1.62 bits per heavy atom. The molecule has 2 rings (SSSR count). The van der Waals surface area contributed by atoms with Gasteiger partial charge in [0.15, 0.2) is 0 Å². The first-order valence-corrected chi connectivity index (χ1v) is 4.51. The minimum Gasteiger partial charge on any atom is -0.388 e. The van der Waals surface area contributed by atoms with Gasteiger partial charge in [0, 0.05) is 25.4 Å². The van der Waals surface area contributed by atoms with E-state index in [1.807, 2.05) is 16.9 Å². The van der Waals surface area contributed by atoms with Gasteiger partial charge in [0.25, 0.3) is 0 Å². The number of aromatic nitrogens is 2. The quantitative estimate of drug-likeness (QED) is 0.533. The lowest BCUT2D eigenvalue weighted by Gasteiger charge is -2.13. The Balaban J connectivity index is 1.98. The van der Waals surface area contributed by atoms with E-state index in [0.717, 1.165) is 6.54 Å². The molecular weight excluding hydrogens is 164 g/mol. The Bertz CT molecular complexity index is 297. The fourth-order valence-electron chi connectivity index (χ4n) is 1.71. The summed E-state index contributed by atoms with van der Waals surface area (Å²) in [6.07, 6.45) is 6.80. The van der Waals surface area contributed by atoms with E-state index in [2.05, 4.69) is 5.10 Å². The molecule has 1 fully saturated rings. The molecule has 3 N–H and O–H groups in total. The van der Waals surface area contributed by atoms with Gasteiger partial charge in [0.1, 0.15) is 0 Å². The van der Waals surface area contributed by atoms with Crippen molar-refractivity contribution in [1.82, 2.24) is 9.78 Å². The Kier molecular flexibility index (Phi) is 1.83. The van der Waals surface area contributed by atoms with Gasteiger partial charge in [-0.2, -0.15) is 5.10 Å². The van der Waals surface area contributed by atoms with Gasteiger partial charge in [0.05, 0.1) is 5.84 Å². The maximum Gasteiger partial charge on any atom is 0.0911 e. The molecule has 4 nitrogen and oxygen atoms in total. The maximum absolute atomic E-state index is 7.27. The van der Waals surface area contributed by atoms with Crippen molar-refractivity contribution in [1.29, 1.82) is 5.41 Å². The van der Waals surface area contributed by atoms with E-state index in [-0.39, 0.29) is 5.41 Å². The standard InChI is InChI=1S/C9H14N4/c10-8(11)6-9(2-3-9)7-13-5-1-4-12-13/h1,4-5H,2-3,6-7H2,(H3,10,11). The number of amidine groups is 1. The molecule has 0 atom stereocenters. The minimum absolute atomic E-state index is 0.248. The van der Waals surface area contributed by atoms with Crippen molar-refractivity contribution in [2.75, 3.05) is 0 Å². The lowest BCUT2D eigenvalue weighted by Crippen LogP contribution is -2.20. The molecule has 1 heterocycles. The minimum atomic E-state index is 0.248. The molecule has 1 aliphatic carbocycles. The molecule has 4 heteroatoms. The monoisotopic (exact) mass is 178 g/mol. The summed E-state index contributed by atoms with van der Waals surface area (Å²) in [7, 11) is 0. The number of rotatable bonds is 4. The molecule has 0 bridgehead atoms. The van der Waals surface area contributed by atoms with Crippen LogP contribution in [0, 0.1) is 10.8 Å². The molecule has 0 radical (unpaired) electrons. The van der Waals surface area contributed by atoms with Gasteiger partial charge in [-0.3, -0.25) is 10.1 Å². The molecule has 1 aliphatic rings. The van der Waals surface area contributed by atoms with Crippen molar-refractivity contribution in [2.45, 2.75) is 25.8 Å². The lowest BCUT2D eigenvalue weighted by molar-refractivity contribution is 0.409. The molecule has 13 heavy (non-hydrogen) atoms. The molecule has 0 amide bonds. The molecule has 1 aromatic heterocycles. The summed E-state index contributed by atoms with van der Waals surface area (Å²) in [5, 5.41) is 11.4.